The van der Waals surface area contributed by atoms with Crippen molar-refractivity contribution in [1.29, 1.82) is 0 Å². The van der Waals surface area contributed by atoms with Gasteiger partial charge in [-0.3, -0.25) is 4.79 Å². The summed E-state index contributed by atoms with van der Waals surface area (Å²) in [5.41, 5.74) is 2.26. The Morgan fingerprint density at radius 3 is 2.35 bits per heavy atom. The predicted octanol–water partition coefficient (Wildman–Crippen LogP) is 2.12. The number of carbonyl (C=O) groups excluding carboxylic acids is 1. The summed E-state index contributed by atoms with van der Waals surface area (Å²) in [7, 11) is 0. The Labute approximate surface area is 136 Å². The second-order valence-corrected chi connectivity index (χ2v) is 5.18. The number of rotatable bonds is 7. The Morgan fingerprint density at radius 1 is 1.13 bits per heavy atom. The van der Waals surface area contributed by atoms with E-state index in [0.29, 0.717) is 12.1 Å². The number of aliphatic hydroxyl groups is 2. The zero-order chi connectivity index (χ0) is 16.7. The molecule has 122 valence electrons. The number of carbonyl (C=O) groups is 1. The number of nitrogens with one attached hydrogen (secondary N) is 1. The lowest BCUT2D eigenvalue weighted by Gasteiger charge is -2.21. The molecule has 0 fully saturated rings. The van der Waals surface area contributed by atoms with Crippen LogP contribution in [-0.2, 0) is 0 Å². The lowest BCUT2D eigenvalue weighted by Crippen LogP contribution is -2.30. The van der Waals surface area contributed by atoms with Gasteiger partial charge in [-0.2, -0.15) is 0 Å². The van der Waals surface area contributed by atoms with Gasteiger partial charge in [-0.05, 0) is 43.3 Å². The minimum absolute atomic E-state index is 0.0550. The molecule has 0 spiro atoms. The summed E-state index contributed by atoms with van der Waals surface area (Å²) in [5, 5.41) is 21.1. The molecule has 3 N–H and O–H groups in total. The third kappa shape index (κ3) is 4.55. The molecule has 0 bridgehead atoms. The molecular formula is C18H22N2O3. The first-order valence-corrected chi connectivity index (χ1v) is 7.65. The fraction of sp³-hybridized carbons (Fsp3) is 0.278. The van der Waals surface area contributed by atoms with E-state index in [9.17, 15) is 9.90 Å². The molecular weight excluding hydrogens is 292 g/mol. The standard InChI is InChI=1S/C18H22N2O3/c1-2-20(16-6-4-3-5-7-16)18(23)14-8-10-15(11-9-14)19-12-17(22)13-21/h3-11,17,19,21-22H,2,12-13H2,1H3. The molecule has 2 aromatic rings. The van der Waals surface area contributed by atoms with Crippen LogP contribution in [0.3, 0.4) is 0 Å². The molecule has 1 unspecified atom stereocenters. The van der Waals surface area contributed by atoms with Gasteiger partial charge in [0, 0.05) is 30.0 Å². The summed E-state index contributed by atoms with van der Waals surface area (Å²) in [5.74, 6) is -0.0550. The Balaban J connectivity index is 2.07. The van der Waals surface area contributed by atoms with Gasteiger partial charge in [-0.1, -0.05) is 18.2 Å². The summed E-state index contributed by atoms with van der Waals surface area (Å²) in [6, 6.07) is 16.6. The van der Waals surface area contributed by atoms with Gasteiger partial charge in [0.25, 0.3) is 5.91 Å². The summed E-state index contributed by atoms with van der Waals surface area (Å²) < 4.78 is 0. The predicted molar refractivity (Wildman–Crippen MR) is 91.8 cm³/mol. The fourth-order valence-corrected chi connectivity index (χ4v) is 2.24. The zero-order valence-electron chi connectivity index (χ0n) is 13.1. The molecule has 0 saturated heterocycles. The minimum atomic E-state index is -0.801. The normalized spacial score (nSPS) is 11.8. The summed E-state index contributed by atoms with van der Waals surface area (Å²) in [6.45, 7) is 2.50. The van der Waals surface area contributed by atoms with Crippen LogP contribution < -0.4 is 10.2 Å². The highest BCUT2D eigenvalue weighted by Gasteiger charge is 2.15. The van der Waals surface area contributed by atoms with Gasteiger partial charge in [0.1, 0.15) is 0 Å². The topological polar surface area (TPSA) is 72.8 Å². The van der Waals surface area contributed by atoms with Crippen LogP contribution in [-0.4, -0.2) is 41.9 Å². The molecule has 0 heterocycles. The molecule has 0 aliphatic rings. The highest BCUT2D eigenvalue weighted by Crippen LogP contribution is 2.18. The van der Waals surface area contributed by atoms with E-state index in [1.165, 1.54) is 0 Å². The van der Waals surface area contributed by atoms with Gasteiger partial charge in [0.05, 0.1) is 12.7 Å². The first-order chi connectivity index (χ1) is 11.2. The van der Waals surface area contributed by atoms with Crippen molar-refractivity contribution in [2.75, 3.05) is 29.9 Å². The van der Waals surface area contributed by atoms with E-state index in [4.69, 9.17) is 5.11 Å². The van der Waals surface area contributed by atoms with Gasteiger partial charge in [0.2, 0.25) is 0 Å². The summed E-state index contributed by atoms with van der Waals surface area (Å²) in [4.78, 5) is 14.4. The van der Waals surface area contributed by atoms with Crippen LogP contribution in [0.1, 0.15) is 17.3 Å². The van der Waals surface area contributed by atoms with Crippen LogP contribution in [0, 0.1) is 0 Å². The molecule has 0 saturated carbocycles. The monoisotopic (exact) mass is 314 g/mol. The second-order valence-electron chi connectivity index (χ2n) is 5.18. The number of amides is 1. The average molecular weight is 314 g/mol. The molecule has 1 atom stereocenters. The number of benzene rings is 2. The highest BCUT2D eigenvalue weighted by molar-refractivity contribution is 6.06. The SMILES string of the molecule is CCN(C(=O)c1ccc(NCC(O)CO)cc1)c1ccccc1. The largest absolute Gasteiger partial charge is 0.394 e. The molecule has 0 aliphatic heterocycles. The molecule has 0 aliphatic carbocycles. The maximum absolute atomic E-state index is 12.6. The Morgan fingerprint density at radius 2 is 1.78 bits per heavy atom. The van der Waals surface area contributed by atoms with E-state index in [1.807, 2.05) is 37.3 Å². The molecule has 2 rings (SSSR count). The lowest BCUT2D eigenvalue weighted by molar-refractivity contribution is 0.0988. The van der Waals surface area contributed by atoms with Gasteiger partial charge in [-0.15, -0.1) is 0 Å². The Kier molecular flexibility index (Phi) is 6.14. The van der Waals surface area contributed by atoms with E-state index < -0.39 is 6.10 Å². The number of para-hydroxylation sites is 1. The van der Waals surface area contributed by atoms with Crippen LogP contribution in [0.25, 0.3) is 0 Å². The van der Waals surface area contributed by atoms with Crippen molar-refractivity contribution >= 4 is 17.3 Å². The number of anilines is 2. The first-order valence-electron chi connectivity index (χ1n) is 7.65. The average Bonchev–Trinajstić information content (AvgIpc) is 2.61. The van der Waals surface area contributed by atoms with Crippen molar-refractivity contribution in [2.45, 2.75) is 13.0 Å². The highest BCUT2D eigenvalue weighted by atomic mass is 16.3. The lowest BCUT2D eigenvalue weighted by atomic mass is 10.1. The smallest absolute Gasteiger partial charge is 0.258 e. The van der Waals surface area contributed by atoms with Gasteiger partial charge < -0.3 is 20.4 Å². The fourth-order valence-electron chi connectivity index (χ4n) is 2.24. The maximum atomic E-state index is 12.6. The Hall–Kier alpha value is -2.37. The molecule has 2 aromatic carbocycles. The minimum Gasteiger partial charge on any atom is -0.394 e. The van der Waals surface area contributed by atoms with Gasteiger partial charge in [-0.25, -0.2) is 0 Å². The van der Waals surface area contributed by atoms with Crippen molar-refractivity contribution in [1.82, 2.24) is 0 Å². The van der Waals surface area contributed by atoms with E-state index in [-0.39, 0.29) is 19.1 Å². The van der Waals surface area contributed by atoms with Crippen LogP contribution in [0.15, 0.2) is 54.6 Å². The number of aliphatic hydroxyl groups excluding tert-OH is 2. The van der Waals surface area contributed by atoms with Crippen LogP contribution in [0.2, 0.25) is 0 Å². The van der Waals surface area contributed by atoms with Crippen molar-refractivity contribution < 1.29 is 15.0 Å². The van der Waals surface area contributed by atoms with Crippen LogP contribution in [0.5, 0.6) is 0 Å². The maximum Gasteiger partial charge on any atom is 0.258 e. The second kappa shape index (κ2) is 8.31. The molecule has 0 radical (unpaired) electrons. The quantitative estimate of drug-likeness (QED) is 0.732. The number of nitrogens with zero attached hydrogens (tertiary/aromatic N) is 1. The van der Waals surface area contributed by atoms with E-state index in [0.717, 1.165) is 11.4 Å². The number of hydrogen-bond acceptors (Lipinski definition) is 4. The van der Waals surface area contributed by atoms with Crippen molar-refractivity contribution in [3.63, 3.8) is 0 Å². The summed E-state index contributed by atoms with van der Waals surface area (Å²) in [6.07, 6.45) is -0.801. The number of hydrogen-bond donors (Lipinski definition) is 3. The van der Waals surface area contributed by atoms with Crippen molar-refractivity contribution in [3.8, 4) is 0 Å². The molecule has 5 nitrogen and oxygen atoms in total. The third-order valence-electron chi connectivity index (χ3n) is 3.51. The third-order valence-corrected chi connectivity index (χ3v) is 3.51. The van der Waals surface area contributed by atoms with Crippen LogP contribution in [0.4, 0.5) is 11.4 Å². The van der Waals surface area contributed by atoms with Gasteiger partial charge >= 0.3 is 0 Å². The summed E-state index contributed by atoms with van der Waals surface area (Å²) >= 11 is 0. The Bertz CT molecular complexity index is 614. The van der Waals surface area contributed by atoms with E-state index in [1.54, 1.807) is 29.2 Å². The van der Waals surface area contributed by atoms with Crippen LogP contribution >= 0.6 is 0 Å². The van der Waals surface area contributed by atoms with Crippen molar-refractivity contribution in [3.05, 3.63) is 60.2 Å². The molecule has 0 aromatic heterocycles. The molecule has 23 heavy (non-hydrogen) atoms. The molecule has 5 heteroatoms. The van der Waals surface area contributed by atoms with Gasteiger partial charge in [0.15, 0.2) is 0 Å². The van der Waals surface area contributed by atoms with E-state index in [2.05, 4.69) is 5.32 Å². The zero-order valence-corrected chi connectivity index (χ0v) is 13.1. The van der Waals surface area contributed by atoms with E-state index >= 15 is 0 Å². The molecule has 1 amide bonds. The van der Waals surface area contributed by atoms with Crippen molar-refractivity contribution in [2.24, 2.45) is 0 Å². The first kappa shape index (κ1) is 17.0.